The highest BCUT2D eigenvalue weighted by Gasteiger charge is 2.21. The Labute approximate surface area is 143 Å². The number of hydrogen-bond acceptors (Lipinski definition) is 3. The van der Waals surface area contributed by atoms with Crippen LogP contribution >= 0.6 is 0 Å². The third-order valence-electron chi connectivity index (χ3n) is 4.97. The van der Waals surface area contributed by atoms with Crippen LogP contribution in [-0.2, 0) is 12.8 Å². The highest BCUT2D eigenvalue weighted by atomic mass is 15.1. The second kappa shape index (κ2) is 7.05. The second-order valence-electron chi connectivity index (χ2n) is 6.77. The number of rotatable bonds is 2. The first kappa shape index (κ1) is 15.2. The van der Waals surface area contributed by atoms with Gasteiger partial charge in [0.15, 0.2) is 0 Å². The minimum Gasteiger partial charge on any atom is -0.367 e. The summed E-state index contributed by atoms with van der Waals surface area (Å²) in [7, 11) is 0. The summed E-state index contributed by atoms with van der Waals surface area (Å²) in [5.41, 5.74) is 3.54. The highest BCUT2D eigenvalue weighted by molar-refractivity contribution is 5.51. The number of anilines is 1. The van der Waals surface area contributed by atoms with Crippen LogP contribution in [0.4, 0.5) is 5.82 Å². The van der Waals surface area contributed by atoms with E-state index in [0.717, 1.165) is 24.2 Å². The first-order valence-electron chi connectivity index (χ1n) is 9.12. The summed E-state index contributed by atoms with van der Waals surface area (Å²) in [5.74, 6) is 8.05. The molecule has 24 heavy (non-hydrogen) atoms. The summed E-state index contributed by atoms with van der Waals surface area (Å²) in [6, 6.07) is 10.6. The monoisotopic (exact) mass is 317 g/mol. The van der Waals surface area contributed by atoms with Gasteiger partial charge in [0, 0.05) is 17.2 Å². The third kappa shape index (κ3) is 3.43. The van der Waals surface area contributed by atoms with Gasteiger partial charge in [-0.05, 0) is 56.6 Å². The van der Waals surface area contributed by atoms with Gasteiger partial charge in [0.1, 0.15) is 5.82 Å². The van der Waals surface area contributed by atoms with Gasteiger partial charge in [-0.2, -0.15) is 0 Å². The van der Waals surface area contributed by atoms with E-state index in [1.54, 1.807) is 0 Å². The standard InChI is InChI=1S/C21H23N3/c1-2-8-16(9-3-1)14-15-20-23-19-13-7-6-12-18(19)21(24-20)22-17-10-4-5-11-17/h1-3,8-9,17H,4-7,10-13H2,(H,22,23,24). The number of aryl methyl sites for hydroxylation is 1. The average molecular weight is 317 g/mol. The Morgan fingerprint density at radius 2 is 1.67 bits per heavy atom. The Morgan fingerprint density at radius 3 is 2.50 bits per heavy atom. The third-order valence-corrected chi connectivity index (χ3v) is 4.97. The molecule has 0 bridgehead atoms. The van der Waals surface area contributed by atoms with Gasteiger partial charge in [-0.1, -0.05) is 37.0 Å². The molecule has 0 radical (unpaired) electrons. The van der Waals surface area contributed by atoms with Crippen LogP contribution in [0.15, 0.2) is 30.3 Å². The Bertz CT molecular complexity index is 765. The number of hydrogen-bond donors (Lipinski definition) is 1. The maximum Gasteiger partial charge on any atom is 0.207 e. The lowest BCUT2D eigenvalue weighted by atomic mass is 9.96. The second-order valence-corrected chi connectivity index (χ2v) is 6.77. The lowest BCUT2D eigenvalue weighted by Gasteiger charge is -2.21. The molecular weight excluding hydrogens is 294 g/mol. The van der Waals surface area contributed by atoms with Crippen LogP contribution in [-0.4, -0.2) is 16.0 Å². The topological polar surface area (TPSA) is 37.8 Å². The molecule has 1 aromatic carbocycles. The smallest absolute Gasteiger partial charge is 0.207 e. The van der Waals surface area contributed by atoms with E-state index in [-0.39, 0.29) is 0 Å². The molecule has 0 unspecified atom stereocenters. The van der Waals surface area contributed by atoms with Gasteiger partial charge in [-0.25, -0.2) is 9.97 Å². The van der Waals surface area contributed by atoms with Gasteiger partial charge in [0.2, 0.25) is 5.82 Å². The van der Waals surface area contributed by atoms with Crippen molar-refractivity contribution in [3.05, 3.63) is 53.0 Å². The zero-order valence-corrected chi connectivity index (χ0v) is 14.0. The summed E-state index contributed by atoms with van der Waals surface area (Å²) in [6.45, 7) is 0. The number of nitrogens with zero attached hydrogens (tertiary/aromatic N) is 2. The van der Waals surface area contributed by atoms with Crippen LogP contribution in [0.3, 0.4) is 0 Å². The van der Waals surface area contributed by atoms with Crippen LogP contribution < -0.4 is 5.32 Å². The minimum absolute atomic E-state index is 0.570. The van der Waals surface area contributed by atoms with Gasteiger partial charge in [0.05, 0.1) is 5.69 Å². The van der Waals surface area contributed by atoms with Gasteiger partial charge < -0.3 is 5.32 Å². The number of nitrogens with one attached hydrogen (secondary N) is 1. The molecule has 2 aliphatic carbocycles. The molecule has 3 heteroatoms. The molecule has 1 heterocycles. The summed E-state index contributed by atoms with van der Waals surface area (Å²) in [6.07, 6.45) is 9.77. The largest absolute Gasteiger partial charge is 0.367 e. The molecular formula is C21H23N3. The number of fused-ring (bicyclic) bond motifs is 1. The van der Waals surface area contributed by atoms with Gasteiger partial charge in [-0.3, -0.25) is 0 Å². The zero-order valence-electron chi connectivity index (χ0n) is 14.0. The minimum atomic E-state index is 0.570. The number of aromatic nitrogens is 2. The van der Waals surface area contributed by atoms with Crippen molar-refractivity contribution >= 4 is 5.82 Å². The van der Waals surface area contributed by atoms with Crippen molar-refractivity contribution < 1.29 is 0 Å². The Kier molecular flexibility index (Phi) is 4.46. The summed E-state index contributed by atoms with van der Waals surface area (Å²) in [4.78, 5) is 9.51. The average Bonchev–Trinajstić information content (AvgIpc) is 3.14. The fraction of sp³-hybridized carbons (Fsp3) is 0.429. The van der Waals surface area contributed by atoms with Crippen molar-refractivity contribution in [3.63, 3.8) is 0 Å². The molecule has 0 amide bonds. The maximum absolute atomic E-state index is 4.77. The van der Waals surface area contributed by atoms with Crippen molar-refractivity contribution in [3.8, 4) is 11.8 Å². The van der Waals surface area contributed by atoms with E-state index in [2.05, 4.69) is 17.2 Å². The van der Waals surface area contributed by atoms with Crippen molar-refractivity contribution in [1.29, 1.82) is 0 Å². The summed E-state index contributed by atoms with van der Waals surface area (Å²) >= 11 is 0. The molecule has 2 aromatic rings. The molecule has 4 rings (SSSR count). The predicted molar refractivity (Wildman–Crippen MR) is 97.0 cm³/mol. The molecule has 0 spiro atoms. The lowest BCUT2D eigenvalue weighted by Crippen LogP contribution is -2.20. The van der Waals surface area contributed by atoms with Crippen LogP contribution in [0.25, 0.3) is 0 Å². The van der Waals surface area contributed by atoms with E-state index in [9.17, 15) is 0 Å². The van der Waals surface area contributed by atoms with E-state index < -0.39 is 0 Å². The zero-order chi connectivity index (χ0) is 16.2. The fourth-order valence-corrected chi connectivity index (χ4v) is 3.68. The molecule has 0 atom stereocenters. The van der Waals surface area contributed by atoms with Crippen LogP contribution in [0.2, 0.25) is 0 Å². The number of benzene rings is 1. The first-order valence-corrected chi connectivity index (χ1v) is 9.12. The molecule has 1 saturated carbocycles. The molecule has 0 saturated heterocycles. The SMILES string of the molecule is C(#Cc1nc2c(c(NC3CCCC3)n1)CCCC2)c1ccccc1. The normalized spacial score (nSPS) is 17.0. The summed E-state index contributed by atoms with van der Waals surface area (Å²) in [5, 5.41) is 3.69. The quantitative estimate of drug-likeness (QED) is 0.847. The van der Waals surface area contributed by atoms with Gasteiger partial charge in [0.25, 0.3) is 0 Å². The highest BCUT2D eigenvalue weighted by Crippen LogP contribution is 2.28. The maximum atomic E-state index is 4.77. The predicted octanol–water partition coefficient (Wildman–Crippen LogP) is 4.11. The van der Waals surface area contributed by atoms with Crippen LogP contribution in [0, 0.1) is 11.8 Å². The van der Waals surface area contributed by atoms with Gasteiger partial charge in [-0.15, -0.1) is 0 Å². The fourth-order valence-electron chi connectivity index (χ4n) is 3.68. The van der Waals surface area contributed by atoms with E-state index in [4.69, 9.17) is 9.97 Å². The molecule has 122 valence electrons. The molecule has 3 nitrogen and oxygen atoms in total. The molecule has 1 aromatic heterocycles. The van der Waals surface area contributed by atoms with E-state index in [1.165, 1.54) is 49.8 Å². The Hall–Kier alpha value is -2.34. The van der Waals surface area contributed by atoms with E-state index in [0.29, 0.717) is 11.9 Å². The lowest BCUT2D eigenvalue weighted by molar-refractivity contribution is 0.656. The summed E-state index contributed by atoms with van der Waals surface area (Å²) < 4.78 is 0. The van der Waals surface area contributed by atoms with Crippen LogP contribution in [0.5, 0.6) is 0 Å². The molecule has 0 aliphatic heterocycles. The van der Waals surface area contributed by atoms with Crippen molar-refractivity contribution in [2.75, 3.05) is 5.32 Å². The van der Waals surface area contributed by atoms with Crippen molar-refractivity contribution in [2.24, 2.45) is 0 Å². The van der Waals surface area contributed by atoms with E-state index in [1.807, 2.05) is 30.3 Å². The molecule has 1 N–H and O–H groups in total. The first-order chi connectivity index (χ1) is 11.9. The van der Waals surface area contributed by atoms with Crippen LogP contribution in [0.1, 0.15) is 61.2 Å². The van der Waals surface area contributed by atoms with Crippen molar-refractivity contribution in [1.82, 2.24) is 9.97 Å². The Balaban J connectivity index is 1.66. The van der Waals surface area contributed by atoms with Crippen molar-refractivity contribution in [2.45, 2.75) is 57.4 Å². The van der Waals surface area contributed by atoms with Gasteiger partial charge >= 0.3 is 0 Å². The molecule has 1 fully saturated rings. The molecule has 2 aliphatic rings. The Morgan fingerprint density at radius 1 is 0.875 bits per heavy atom. The van der Waals surface area contributed by atoms with E-state index >= 15 is 0 Å².